The van der Waals surface area contributed by atoms with E-state index in [-0.39, 0.29) is 19.4 Å². The van der Waals surface area contributed by atoms with E-state index in [4.69, 9.17) is 5.73 Å². The van der Waals surface area contributed by atoms with Crippen molar-refractivity contribution in [1.82, 2.24) is 4.90 Å². The molecular weight excluding hydrogens is 196 g/mol. The van der Waals surface area contributed by atoms with Crippen LogP contribution in [0.1, 0.15) is 33.1 Å². The topological polar surface area (TPSA) is 46.3 Å². The summed E-state index contributed by atoms with van der Waals surface area (Å²) in [6, 6.07) is -0.240. The van der Waals surface area contributed by atoms with Gasteiger partial charge in [0, 0.05) is 6.54 Å². The van der Waals surface area contributed by atoms with E-state index in [1.807, 2.05) is 16.7 Å². The van der Waals surface area contributed by atoms with Gasteiger partial charge in [-0.15, -0.1) is 11.8 Å². The first kappa shape index (κ1) is 11.9. The number of nitrogens with two attached hydrogens (primary N) is 1. The Hall–Kier alpha value is -0.220. The summed E-state index contributed by atoms with van der Waals surface area (Å²) >= 11 is 1.90. The van der Waals surface area contributed by atoms with Gasteiger partial charge >= 0.3 is 0 Å². The summed E-state index contributed by atoms with van der Waals surface area (Å²) < 4.78 is 0. The van der Waals surface area contributed by atoms with Gasteiger partial charge in [0.1, 0.15) is 0 Å². The first-order valence-corrected chi connectivity index (χ1v) is 6.01. The summed E-state index contributed by atoms with van der Waals surface area (Å²) in [7, 11) is 0. The number of thioether (sulfide) groups is 1. The van der Waals surface area contributed by atoms with E-state index in [2.05, 4.69) is 0 Å². The van der Waals surface area contributed by atoms with Gasteiger partial charge in [0.15, 0.2) is 0 Å². The first-order chi connectivity index (χ1) is 6.29. The molecule has 14 heavy (non-hydrogen) atoms. The third-order valence-electron chi connectivity index (χ3n) is 2.79. The quantitative estimate of drug-likeness (QED) is 0.666. The fourth-order valence-corrected chi connectivity index (χ4v) is 3.38. The molecule has 1 unspecified atom stereocenters. The number of rotatable bonds is 0. The number of nitrogens with zero attached hydrogens (tertiary/aromatic N) is 1. The predicted octanol–water partition coefficient (Wildman–Crippen LogP) is 1.43. The maximum atomic E-state index is 11.8. The molecule has 0 radical (unpaired) electrons. The van der Waals surface area contributed by atoms with E-state index in [1.54, 1.807) is 0 Å². The molecule has 1 amide bonds. The van der Waals surface area contributed by atoms with Gasteiger partial charge < -0.3 is 10.6 Å². The largest absolute Gasteiger partial charge is 0.329 e. The highest BCUT2D eigenvalue weighted by Crippen LogP contribution is 2.30. The molecular formula is C10H20N2OS. The second-order valence-electron chi connectivity index (χ2n) is 3.75. The molecule has 0 saturated carbocycles. The fraction of sp³-hybridized carbons (Fsp3) is 0.900. The van der Waals surface area contributed by atoms with Crippen molar-refractivity contribution in [2.24, 2.45) is 5.73 Å². The molecule has 82 valence electrons. The van der Waals surface area contributed by atoms with Gasteiger partial charge in [0.25, 0.3) is 0 Å². The number of carbonyl (C=O) groups excluding carboxylic acids is 1. The van der Waals surface area contributed by atoms with Crippen LogP contribution in [0, 0.1) is 0 Å². The minimum atomic E-state index is -0.240. The molecule has 0 bridgehead atoms. The standard InChI is InChI=1S/C9H16N2OS.CH4/c10-7-4-6-13-8-3-1-2-5-11(8)9(7)12;/h7-8H,1-6,10H2;1H4/t7-,8?;/m0./s1. The number of fused-ring (bicyclic) bond motifs is 1. The summed E-state index contributed by atoms with van der Waals surface area (Å²) in [5.74, 6) is 1.21. The molecule has 2 heterocycles. The predicted molar refractivity (Wildman–Crippen MR) is 61.1 cm³/mol. The summed E-state index contributed by atoms with van der Waals surface area (Å²) in [6.45, 7) is 0.921. The second kappa shape index (κ2) is 5.03. The lowest BCUT2D eigenvalue weighted by Gasteiger charge is -2.34. The molecule has 2 aliphatic heterocycles. The second-order valence-corrected chi connectivity index (χ2v) is 5.03. The highest BCUT2D eigenvalue weighted by atomic mass is 32.2. The fourth-order valence-electron chi connectivity index (χ4n) is 1.99. The highest BCUT2D eigenvalue weighted by Gasteiger charge is 2.32. The van der Waals surface area contributed by atoms with Crippen molar-refractivity contribution in [2.45, 2.75) is 44.5 Å². The summed E-state index contributed by atoms with van der Waals surface area (Å²) in [4.78, 5) is 13.8. The molecule has 2 N–H and O–H groups in total. The van der Waals surface area contributed by atoms with Crippen LogP contribution in [0.15, 0.2) is 0 Å². The summed E-state index contributed by atoms with van der Waals surface area (Å²) in [6.07, 6.45) is 4.41. The van der Waals surface area contributed by atoms with E-state index in [0.29, 0.717) is 5.37 Å². The van der Waals surface area contributed by atoms with Crippen LogP contribution in [0.4, 0.5) is 0 Å². The number of hydrogen-bond acceptors (Lipinski definition) is 3. The minimum Gasteiger partial charge on any atom is -0.329 e. The van der Waals surface area contributed by atoms with Gasteiger partial charge in [-0.05, 0) is 31.4 Å². The molecule has 0 aromatic rings. The molecule has 2 aliphatic rings. The van der Waals surface area contributed by atoms with Crippen LogP contribution in [-0.4, -0.2) is 34.5 Å². The van der Waals surface area contributed by atoms with E-state index in [1.165, 1.54) is 6.42 Å². The highest BCUT2D eigenvalue weighted by molar-refractivity contribution is 7.99. The van der Waals surface area contributed by atoms with Gasteiger partial charge in [-0.25, -0.2) is 0 Å². The van der Waals surface area contributed by atoms with Crippen molar-refractivity contribution in [1.29, 1.82) is 0 Å². The van der Waals surface area contributed by atoms with Crippen LogP contribution >= 0.6 is 11.8 Å². The molecule has 0 aromatic carbocycles. The normalized spacial score (nSPS) is 32.9. The van der Waals surface area contributed by atoms with Crippen LogP contribution in [0.25, 0.3) is 0 Å². The Labute approximate surface area is 90.4 Å². The van der Waals surface area contributed by atoms with Gasteiger partial charge in [-0.1, -0.05) is 7.43 Å². The molecule has 0 aliphatic carbocycles. The molecule has 3 nitrogen and oxygen atoms in total. The Morgan fingerprint density at radius 1 is 1.36 bits per heavy atom. The maximum Gasteiger partial charge on any atom is 0.240 e. The van der Waals surface area contributed by atoms with Gasteiger partial charge in [-0.2, -0.15) is 0 Å². The van der Waals surface area contributed by atoms with Crippen LogP contribution in [0.2, 0.25) is 0 Å². The van der Waals surface area contributed by atoms with Crippen molar-refractivity contribution in [3.05, 3.63) is 0 Å². The summed E-state index contributed by atoms with van der Waals surface area (Å²) in [5, 5.41) is 0.426. The van der Waals surface area contributed by atoms with Gasteiger partial charge in [0.05, 0.1) is 11.4 Å². The number of piperidine rings is 1. The smallest absolute Gasteiger partial charge is 0.240 e. The number of amides is 1. The van der Waals surface area contributed by atoms with E-state index < -0.39 is 0 Å². The van der Waals surface area contributed by atoms with Crippen LogP contribution in [-0.2, 0) is 4.79 Å². The van der Waals surface area contributed by atoms with E-state index >= 15 is 0 Å². The SMILES string of the molecule is C.N[C@H]1CCSC2CCCCN2C1=O. The van der Waals surface area contributed by atoms with Crippen LogP contribution in [0.5, 0.6) is 0 Å². The van der Waals surface area contributed by atoms with Crippen molar-refractivity contribution in [3.8, 4) is 0 Å². The van der Waals surface area contributed by atoms with E-state index in [0.717, 1.165) is 31.6 Å². The maximum absolute atomic E-state index is 11.8. The third kappa shape index (κ3) is 2.23. The molecule has 0 spiro atoms. The Bertz CT molecular complexity index is 210. The molecule has 2 atom stereocenters. The zero-order valence-electron chi connectivity index (χ0n) is 7.74. The lowest BCUT2D eigenvalue weighted by Crippen LogP contribution is -2.47. The third-order valence-corrected chi connectivity index (χ3v) is 4.13. The molecule has 2 fully saturated rings. The Morgan fingerprint density at radius 2 is 2.14 bits per heavy atom. The Balaban J connectivity index is 0.000000980. The molecule has 4 heteroatoms. The van der Waals surface area contributed by atoms with Crippen molar-refractivity contribution in [2.75, 3.05) is 12.3 Å². The van der Waals surface area contributed by atoms with Crippen molar-refractivity contribution in [3.63, 3.8) is 0 Å². The minimum absolute atomic E-state index is 0. The van der Waals surface area contributed by atoms with Gasteiger partial charge in [-0.3, -0.25) is 4.79 Å². The van der Waals surface area contributed by atoms with Crippen molar-refractivity contribution >= 4 is 17.7 Å². The monoisotopic (exact) mass is 216 g/mol. The van der Waals surface area contributed by atoms with Gasteiger partial charge in [0.2, 0.25) is 5.91 Å². The average molecular weight is 216 g/mol. The van der Waals surface area contributed by atoms with Crippen LogP contribution < -0.4 is 5.73 Å². The molecule has 0 aromatic heterocycles. The molecule has 2 rings (SSSR count). The zero-order chi connectivity index (χ0) is 9.26. The molecule has 2 saturated heterocycles. The Kier molecular flexibility index (Phi) is 4.26. The number of carbonyl (C=O) groups is 1. The van der Waals surface area contributed by atoms with E-state index in [9.17, 15) is 4.79 Å². The first-order valence-electron chi connectivity index (χ1n) is 4.97. The zero-order valence-corrected chi connectivity index (χ0v) is 8.55. The number of hydrogen-bond donors (Lipinski definition) is 1. The van der Waals surface area contributed by atoms with Crippen LogP contribution in [0.3, 0.4) is 0 Å². The lowest BCUT2D eigenvalue weighted by molar-refractivity contribution is -0.134. The van der Waals surface area contributed by atoms with Crippen molar-refractivity contribution < 1.29 is 4.79 Å². The summed E-state index contributed by atoms with van der Waals surface area (Å²) in [5.41, 5.74) is 5.78. The lowest BCUT2D eigenvalue weighted by atomic mass is 10.1. The Morgan fingerprint density at radius 3 is 2.93 bits per heavy atom. The average Bonchev–Trinajstić information content (AvgIpc) is 2.29.